The first-order valence-electron chi connectivity index (χ1n) is 12.1. The van der Waals surface area contributed by atoms with Crippen LogP contribution in [-0.4, -0.2) is 56.6 Å². The number of H-pyrrole nitrogens is 1. The molecule has 1 aliphatic rings. The van der Waals surface area contributed by atoms with Crippen molar-refractivity contribution in [1.82, 2.24) is 14.9 Å². The number of imidazole rings is 1. The van der Waals surface area contributed by atoms with Crippen LogP contribution >= 0.6 is 23.5 Å². The molecule has 9 nitrogen and oxygen atoms in total. The molecule has 4 rings (SSSR count). The lowest BCUT2D eigenvalue weighted by Gasteiger charge is -2.22. The first kappa shape index (κ1) is 27.6. The quantitative estimate of drug-likeness (QED) is 0.131. The average Bonchev–Trinajstić information content (AvgIpc) is 3.60. The topological polar surface area (TPSA) is 111 Å². The van der Waals surface area contributed by atoms with Gasteiger partial charge >= 0.3 is 6.09 Å². The van der Waals surface area contributed by atoms with Gasteiger partial charge in [0, 0.05) is 47.8 Å². The van der Waals surface area contributed by atoms with E-state index >= 15 is 0 Å². The summed E-state index contributed by atoms with van der Waals surface area (Å²) < 4.78 is 10.9. The molecule has 1 amide bonds. The summed E-state index contributed by atoms with van der Waals surface area (Å²) in [7, 11) is 1.65. The average molecular weight is 555 g/mol. The molecule has 0 aliphatic carbocycles. The van der Waals surface area contributed by atoms with Crippen LogP contribution in [0, 0.1) is 10.1 Å². The van der Waals surface area contributed by atoms with Gasteiger partial charge in [-0.05, 0) is 48.7 Å². The van der Waals surface area contributed by atoms with Crippen molar-refractivity contribution < 1.29 is 19.2 Å². The fraction of sp³-hybridized carbons (Fsp3) is 0.333. The standard InChI is InChI=1S/C27H30N4O5S2/c1-19(17-38-26-28-11-12-29-26)13-23-14-25(37-18-21-5-9-24(35-2)10-6-21)15-30(23)27(32)36-16-20-3-7-22(8-4-20)31(33)34/h3-13,23,25H,14-18H2,1-2H3,(H,28,29)/b19-13-/t23-,25+/m1/s1. The summed E-state index contributed by atoms with van der Waals surface area (Å²) in [6.45, 7) is 2.70. The minimum atomic E-state index is -0.451. The maximum atomic E-state index is 13.1. The van der Waals surface area contributed by atoms with Crippen LogP contribution in [0.2, 0.25) is 0 Å². The van der Waals surface area contributed by atoms with Gasteiger partial charge in [-0.1, -0.05) is 35.5 Å². The molecule has 1 saturated heterocycles. The Morgan fingerprint density at radius 1 is 1.21 bits per heavy atom. The number of aromatic nitrogens is 2. The van der Waals surface area contributed by atoms with Crippen LogP contribution in [0.3, 0.4) is 0 Å². The highest BCUT2D eigenvalue weighted by molar-refractivity contribution is 7.99. The fourth-order valence-corrected chi connectivity index (χ4v) is 6.05. The number of ether oxygens (including phenoxy) is 2. The summed E-state index contributed by atoms with van der Waals surface area (Å²) >= 11 is 3.45. The molecule has 38 heavy (non-hydrogen) atoms. The Hall–Kier alpha value is -3.44. The number of nitrogens with one attached hydrogen (secondary N) is 1. The number of amides is 1. The zero-order valence-electron chi connectivity index (χ0n) is 21.2. The lowest BCUT2D eigenvalue weighted by Crippen LogP contribution is -2.35. The van der Waals surface area contributed by atoms with Crippen LogP contribution in [0.5, 0.6) is 5.75 Å². The third kappa shape index (κ3) is 7.78. The first-order valence-corrected chi connectivity index (χ1v) is 14.2. The Balaban J connectivity index is 1.39. The van der Waals surface area contributed by atoms with Gasteiger partial charge in [-0.3, -0.25) is 10.1 Å². The number of thioether (sulfide) groups is 2. The molecule has 200 valence electrons. The third-order valence-electron chi connectivity index (χ3n) is 6.08. The number of rotatable bonds is 11. The van der Waals surface area contributed by atoms with Gasteiger partial charge in [-0.15, -0.1) is 0 Å². The molecule has 2 heterocycles. The second-order valence-electron chi connectivity index (χ2n) is 8.91. The van der Waals surface area contributed by atoms with Gasteiger partial charge in [0.25, 0.3) is 5.69 Å². The molecule has 1 fully saturated rings. The fourth-order valence-electron chi connectivity index (χ4n) is 4.08. The number of carbonyl (C=O) groups excluding carboxylic acids is 1. The number of non-ortho nitro benzene ring substituents is 1. The van der Waals surface area contributed by atoms with Crippen LogP contribution in [0.4, 0.5) is 10.5 Å². The van der Waals surface area contributed by atoms with E-state index in [2.05, 4.69) is 35.1 Å². The molecule has 1 aliphatic heterocycles. The molecule has 11 heteroatoms. The lowest BCUT2D eigenvalue weighted by molar-refractivity contribution is -0.384. The van der Waals surface area contributed by atoms with Crippen molar-refractivity contribution in [1.29, 1.82) is 0 Å². The molecule has 1 N–H and O–H groups in total. The summed E-state index contributed by atoms with van der Waals surface area (Å²) in [5.74, 6) is 2.43. The Labute approximate surface area is 230 Å². The number of methoxy groups -OCH3 is 1. The molecule has 2 atom stereocenters. The first-order chi connectivity index (χ1) is 18.4. The van der Waals surface area contributed by atoms with Gasteiger partial charge in [0.15, 0.2) is 5.16 Å². The van der Waals surface area contributed by atoms with E-state index in [1.807, 2.05) is 23.9 Å². The Kier molecular flexibility index (Phi) is 9.72. The Bertz CT molecular complexity index is 1230. The zero-order chi connectivity index (χ0) is 26.9. The van der Waals surface area contributed by atoms with Gasteiger partial charge in [-0.25, -0.2) is 9.78 Å². The zero-order valence-corrected chi connectivity index (χ0v) is 22.9. The third-order valence-corrected chi connectivity index (χ3v) is 8.49. The molecule has 2 aromatic carbocycles. The minimum absolute atomic E-state index is 0.00411. The maximum absolute atomic E-state index is 13.1. The van der Waals surface area contributed by atoms with E-state index in [0.717, 1.165) is 34.4 Å². The molecule has 0 spiro atoms. The van der Waals surface area contributed by atoms with Gasteiger partial charge in [0.2, 0.25) is 0 Å². The van der Waals surface area contributed by atoms with Crippen molar-refractivity contribution in [3.05, 3.63) is 93.8 Å². The highest BCUT2D eigenvalue weighted by Crippen LogP contribution is 2.32. The van der Waals surface area contributed by atoms with Crippen molar-refractivity contribution in [2.75, 3.05) is 19.4 Å². The minimum Gasteiger partial charge on any atom is -0.497 e. The van der Waals surface area contributed by atoms with E-state index in [9.17, 15) is 14.9 Å². The van der Waals surface area contributed by atoms with Crippen LogP contribution in [0.25, 0.3) is 0 Å². The highest BCUT2D eigenvalue weighted by atomic mass is 32.2. The summed E-state index contributed by atoms with van der Waals surface area (Å²) in [5, 5.41) is 12.0. The molecule has 0 bridgehead atoms. The summed E-state index contributed by atoms with van der Waals surface area (Å²) in [6.07, 6.45) is 6.12. The maximum Gasteiger partial charge on any atom is 0.410 e. The number of nitrogens with zero attached hydrogens (tertiary/aromatic N) is 3. The number of hydrogen-bond acceptors (Lipinski definition) is 8. The second kappa shape index (κ2) is 13.4. The van der Waals surface area contributed by atoms with E-state index in [4.69, 9.17) is 9.47 Å². The smallest absolute Gasteiger partial charge is 0.410 e. The van der Waals surface area contributed by atoms with E-state index < -0.39 is 4.92 Å². The molecule has 0 radical (unpaired) electrons. The molecule has 3 aromatic rings. The second-order valence-corrected chi connectivity index (χ2v) is 11.2. The summed E-state index contributed by atoms with van der Waals surface area (Å²) in [4.78, 5) is 32.7. The van der Waals surface area contributed by atoms with Crippen molar-refractivity contribution in [2.24, 2.45) is 0 Å². The van der Waals surface area contributed by atoms with Crippen LogP contribution in [0.15, 0.2) is 77.7 Å². The summed E-state index contributed by atoms with van der Waals surface area (Å²) in [6, 6.07) is 14.0. The Morgan fingerprint density at radius 3 is 2.61 bits per heavy atom. The molecule has 0 unspecified atom stereocenters. The van der Waals surface area contributed by atoms with Crippen LogP contribution < -0.4 is 4.74 Å². The largest absolute Gasteiger partial charge is 0.497 e. The van der Waals surface area contributed by atoms with Crippen molar-refractivity contribution in [3.63, 3.8) is 0 Å². The van der Waals surface area contributed by atoms with E-state index in [1.54, 1.807) is 48.3 Å². The van der Waals surface area contributed by atoms with Crippen molar-refractivity contribution >= 4 is 35.3 Å². The van der Waals surface area contributed by atoms with E-state index in [0.29, 0.717) is 12.1 Å². The SMILES string of the molecule is COc1ccc(CS[C@H]2C[C@@H](/C=C(/C)CSc3ncc[nH]3)N(C(=O)OCc3ccc([N+](=O)[O-])cc3)C2)cc1. The van der Waals surface area contributed by atoms with Gasteiger partial charge < -0.3 is 19.4 Å². The number of nitro benzene ring substituents is 1. The predicted octanol–water partition coefficient (Wildman–Crippen LogP) is 6.08. The predicted molar refractivity (Wildman–Crippen MR) is 150 cm³/mol. The molecular formula is C27H30N4O5S2. The number of likely N-dealkylation sites (tertiary alicyclic amines) is 1. The van der Waals surface area contributed by atoms with E-state index in [1.165, 1.54) is 17.7 Å². The van der Waals surface area contributed by atoms with Crippen molar-refractivity contribution in [2.45, 2.75) is 42.2 Å². The molecule has 0 saturated carbocycles. The normalized spacial score (nSPS) is 17.4. The highest BCUT2D eigenvalue weighted by Gasteiger charge is 2.35. The van der Waals surface area contributed by atoms with Gasteiger partial charge in [-0.2, -0.15) is 11.8 Å². The van der Waals surface area contributed by atoms with Gasteiger partial charge in [0.05, 0.1) is 18.1 Å². The summed E-state index contributed by atoms with van der Waals surface area (Å²) in [5.41, 5.74) is 3.06. The molecule has 1 aromatic heterocycles. The van der Waals surface area contributed by atoms with Gasteiger partial charge in [0.1, 0.15) is 12.4 Å². The number of aromatic amines is 1. The van der Waals surface area contributed by atoms with Crippen molar-refractivity contribution in [3.8, 4) is 5.75 Å². The number of nitro groups is 1. The Morgan fingerprint density at radius 2 is 1.95 bits per heavy atom. The number of hydrogen-bond donors (Lipinski definition) is 1. The molecular weight excluding hydrogens is 524 g/mol. The van der Waals surface area contributed by atoms with Crippen LogP contribution in [-0.2, 0) is 17.1 Å². The number of carbonyl (C=O) groups is 1. The number of benzene rings is 2. The van der Waals surface area contributed by atoms with E-state index in [-0.39, 0.29) is 29.7 Å². The lowest BCUT2D eigenvalue weighted by atomic mass is 10.1. The van der Waals surface area contributed by atoms with Crippen LogP contribution in [0.1, 0.15) is 24.5 Å². The monoisotopic (exact) mass is 554 g/mol.